The lowest BCUT2D eigenvalue weighted by Crippen LogP contribution is -2.64. The first-order valence-corrected chi connectivity index (χ1v) is 6.83. The number of imide groups is 1. The van der Waals surface area contributed by atoms with Crippen LogP contribution in [0, 0.1) is 0 Å². The second-order valence-electron chi connectivity index (χ2n) is 5.57. The Balaban J connectivity index is 2.37. The highest BCUT2D eigenvalue weighted by Crippen LogP contribution is 2.32. The van der Waals surface area contributed by atoms with Crippen LogP contribution in [0.4, 0.5) is 0 Å². The van der Waals surface area contributed by atoms with Crippen molar-refractivity contribution in [2.24, 2.45) is 5.73 Å². The van der Waals surface area contributed by atoms with E-state index in [0.29, 0.717) is 13.0 Å². The van der Waals surface area contributed by atoms with Crippen LogP contribution in [0.15, 0.2) is 30.3 Å². The number of piperazine rings is 1. The topological polar surface area (TPSA) is 75.4 Å². The number of nitrogens with one attached hydrogen (secondary N) is 1. The van der Waals surface area contributed by atoms with Crippen molar-refractivity contribution in [3.63, 3.8) is 0 Å². The number of rotatable bonds is 4. The number of hydrogen-bond acceptors (Lipinski definition) is 4. The summed E-state index contributed by atoms with van der Waals surface area (Å²) in [5.74, 6) is -0.515. The number of hydrogen-bond donors (Lipinski definition) is 2. The van der Waals surface area contributed by atoms with Gasteiger partial charge in [-0.1, -0.05) is 30.3 Å². The molecule has 1 aliphatic rings. The molecular weight excluding hydrogens is 254 g/mol. The number of nitrogens with two attached hydrogens (primary N) is 1. The summed E-state index contributed by atoms with van der Waals surface area (Å²) in [4.78, 5) is 25.7. The Morgan fingerprint density at radius 1 is 1.30 bits per heavy atom. The van der Waals surface area contributed by atoms with Gasteiger partial charge in [0.25, 0.3) is 0 Å². The zero-order valence-electron chi connectivity index (χ0n) is 11.9. The lowest BCUT2D eigenvalue weighted by atomic mass is 9.91. The maximum Gasteiger partial charge on any atom is 0.246 e. The third kappa shape index (κ3) is 2.73. The second-order valence-corrected chi connectivity index (χ2v) is 5.57. The fourth-order valence-electron chi connectivity index (χ4n) is 2.64. The highest BCUT2D eigenvalue weighted by atomic mass is 16.2. The maximum absolute atomic E-state index is 12.1. The Kier molecular flexibility index (Phi) is 4.20. The number of carbonyl (C=O) groups excluding carboxylic acids is 2. The SMILES string of the molecule is CC1(C)C(=O)NC(=O)CN1C(CCN)c1ccccc1. The van der Waals surface area contributed by atoms with Gasteiger partial charge in [0.2, 0.25) is 11.8 Å². The molecule has 1 unspecified atom stereocenters. The fourth-order valence-corrected chi connectivity index (χ4v) is 2.64. The van der Waals surface area contributed by atoms with Crippen LogP contribution in [-0.2, 0) is 9.59 Å². The molecule has 108 valence electrons. The molecule has 1 saturated heterocycles. The summed E-state index contributed by atoms with van der Waals surface area (Å²) >= 11 is 0. The predicted molar refractivity (Wildman–Crippen MR) is 76.8 cm³/mol. The van der Waals surface area contributed by atoms with Crippen molar-refractivity contribution >= 4 is 11.8 Å². The van der Waals surface area contributed by atoms with Crippen LogP contribution >= 0.6 is 0 Å². The standard InChI is InChI=1S/C15H21N3O2/c1-15(2)14(20)17-13(19)10-18(15)12(8-9-16)11-6-4-3-5-7-11/h3-7,12H,8-10,16H2,1-2H3,(H,17,19,20). The Morgan fingerprint density at radius 2 is 1.95 bits per heavy atom. The molecule has 2 rings (SSSR count). The van der Waals surface area contributed by atoms with E-state index in [2.05, 4.69) is 5.32 Å². The van der Waals surface area contributed by atoms with Crippen molar-refractivity contribution in [2.45, 2.75) is 31.8 Å². The largest absolute Gasteiger partial charge is 0.330 e. The van der Waals surface area contributed by atoms with Crippen LogP contribution in [0.5, 0.6) is 0 Å². The Labute approximate surface area is 119 Å². The molecule has 1 aromatic carbocycles. The van der Waals surface area contributed by atoms with Gasteiger partial charge < -0.3 is 5.73 Å². The minimum atomic E-state index is -0.733. The van der Waals surface area contributed by atoms with E-state index in [0.717, 1.165) is 5.56 Å². The monoisotopic (exact) mass is 275 g/mol. The molecule has 0 radical (unpaired) electrons. The molecule has 0 spiro atoms. The van der Waals surface area contributed by atoms with Crippen LogP contribution in [-0.4, -0.2) is 35.3 Å². The van der Waals surface area contributed by atoms with E-state index in [1.807, 2.05) is 49.1 Å². The zero-order chi connectivity index (χ0) is 14.8. The molecule has 1 atom stereocenters. The Hall–Kier alpha value is -1.72. The summed E-state index contributed by atoms with van der Waals surface area (Å²) in [5, 5.41) is 2.40. The zero-order valence-corrected chi connectivity index (χ0v) is 11.9. The molecule has 5 nitrogen and oxygen atoms in total. The number of benzene rings is 1. The molecule has 1 heterocycles. The lowest BCUT2D eigenvalue weighted by molar-refractivity contribution is -0.147. The van der Waals surface area contributed by atoms with E-state index < -0.39 is 5.54 Å². The van der Waals surface area contributed by atoms with Gasteiger partial charge in [-0.2, -0.15) is 0 Å². The van der Waals surface area contributed by atoms with E-state index >= 15 is 0 Å². The van der Waals surface area contributed by atoms with E-state index in [1.165, 1.54) is 0 Å². The van der Waals surface area contributed by atoms with Gasteiger partial charge in [-0.05, 0) is 32.4 Å². The smallest absolute Gasteiger partial charge is 0.246 e. The molecule has 0 saturated carbocycles. The molecule has 1 aliphatic heterocycles. The van der Waals surface area contributed by atoms with Crippen LogP contribution in [0.1, 0.15) is 31.9 Å². The van der Waals surface area contributed by atoms with Crippen LogP contribution in [0.3, 0.4) is 0 Å². The van der Waals surface area contributed by atoms with Gasteiger partial charge in [0, 0.05) is 6.04 Å². The van der Waals surface area contributed by atoms with Crippen LogP contribution in [0.2, 0.25) is 0 Å². The molecule has 0 aliphatic carbocycles. The summed E-state index contributed by atoms with van der Waals surface area (Å²) < 4.78 is 0. The fraction of sp³-hybridized carbons (Fsp3) is 0.467. The molecule has 3 N–H and O–H groups in total. The number of carbonyl (C=O) groups is 2. The molecule has 1 fully saturated rings. The van der Waals surface area contributed by atoms with Gasteiger partial charge in [-0.3, -0.25) is 19.8 Å². The maximum atomic E-state index is 12.1. The van der Waals surface area contributed by atoms with E-state index in [9.17, 15) is 9.59 Å². The van der Waals surface area contributed by atoms with Gasteiger partial charge >= 0.3 is 0 Å². The van der Waals surface area contributed by atoms with Crippen molar-refractivity contribution in [3.8, 4) is 0 Å². The van der Waals surface area contributed by atoms with Crippen LogP contribution in [0.25, 0.3) is 0 Å². The minimum Gasteiger partial charge on any atom is -0.330 e. The third-order valence-corrected chi connectivity index (χ3v) is 3.84. The van der Waals surface area contributed by atoms with Gasteiger partial charge in [0.05, 0.1) is 12.1 Å². The van der Waals surface area contributed by atoms with Gasteiger partial charge in [0.15, 0.2) is 0 Å². The van der Waals surface area contributed by atoms with Crippen LogP contribution < -0.4 is 11.1 Å². The molecule has 0 bridgehead atoms. The van der Waals surface area contributed by atoms with Crippen molar-refractivity contribution in [3.05, 3.63) is 35.9 Å². The van der Waals surface area contributed by atoms with Crippen molar-refractivity contribution in [2.75, 3.05) is 13.1 Å². The average molecular weight is 275 g/mol. The van der Waals surface area contributed by atoms with Crippen molar-refractivity contribution in [1.82, 2.24) is 10.2 Å². The van der Waals surface area contributed by atoms with E-state index in [4.69, 9.17) is 5.73 Å². The Morgan fingerprint density at radius 3 is 2.55 bits per heavy atom. The Bertz CT molecular complexity index is 499. The summed E-state index contributed by atoms with van der Waals surface area (Å²) in [6.07, 6.45) is 0.702. The van der Waals surface area contributed by atoms with Crippen molar-refractivity contribution in [1.29, 1.82) is 0 Å². The first-order chi connectivity index (χ1) is 9.46. The third-order valence-electron chi connectivity index (χ3n) is 3.84. The van der Waals surface area contributed by atoms with Gasteiger partial charge in [-0.25, -0.2) is 0 Å². The van der Waals surface area contributed by atoms with E-state index in [-0.39, 0.29) is 24.4 Å². The molecule has 0 aromatic heterocycles. The van der Waals surface area contributed by atoms with Crippen molar-refractivity contribution < 1.29 is 9.59 Å². The van der Waals surface area contributed by atoms with Gasteiger partial charge in [0.1, 0.15) is 0 Å². The summed E-state index contributed by atoms with van der Waals surface area (Å²) in [5.41, 5.74) is 6.06. The molecule has 1 aromatic rings. The number of amides is 2. The van der Waals surface area contributed by atoms with E-state index in [1.54, 1.807) is 0 Å². The summed E-state index contributed by atoms with van der Waals surface area (Å²) in [6, 6.07) is 9.84. The highest BCUT2D eigenvalue weighted by molar-refractivity contribution is 6.03. The highest BCUT2D eigenvalue weighted by Gasteiger charge is 2.44. The molecule has 5 heteroatoms. The molecular formula is C15H21N3O2. The minimum absolute atomic E-state index is 0.0359. The average Bonchev–Trinajstić information content (AvgIpc) is 2.42. The predicted octanol–water partition coefficient (Wildman–Crippen LogP) is 0.814. The number of nitrogens with zero attached hydrogens (tertiary/aromatic N) is 1. The first-order valence-electron chi connectivity index (χ1n) is 6.83. The molecule has 2 amide bonds. The normalized spacial score (nSPS) is 20.6. The first kappa shape index (κ1) is 14.7. The quantitative estimate of drug-likeness (QED) is 0.798. The summed E-state index contributed by atoms with van der Waals surface area (Å²) in [7, 11) is 0. The summed E-state index contributed by atoms with van der Waals surface area (Å²) in [6.45, 7) is 4.38. The van der Waals surface area contributed by atoms with Gasteiger partial charge in [-0.15, -0.1) is 0 Å². The molecule has 20 heavy (non-hydrogen) atoms. The lowest BCUT2D eigenvalue weighted by Gasteiger charge is -2.45. The second kappa shape index (κ2) is 5.73.